The van der Waals surface area contributed by atoms with Gasteiger partial charge in [0.2, 0.25) is 5.91 Å². The molecule has 0 aliphatic rings. The van der Waals surface area contributed by atoms with Gasteiger partial charge in [-0.25, -0.2) is 0 Å². The molecule has 0 saturated heterocycles. The summed E-state index contributed by atoms with van der Waals surface area (Å²) >= 11 is 0. The molecule has 3 N–H and O–H groups in total. The Balaban J connectivity index is 0.00000288. The molecular formula is C19H25ClN2O2. The van der Waals surface area contributed by atoms with Crippen molar-refractivity contribution in [3.05, 3.63) is 59.7 Å². The number of hydrogen-bond donors (Lipinski definition) is 2. The SMILES string of the molecule is Cc1ccc(C(C)(C)C(=O)Nc2ccc(OCCN)cc2)cc1.Cl. The molecule has 0 radical (unpaired) electrons. The number of amides is 1. The van der Waals surface area contributed by atoms with Crippen molar-refractivity contribution in [3.8, 4) is 5.75 Å². The monoisotopic (exact) mass is 348 g/mol. The van der Waals surface area contributed by atoms with Crippen LogP contribution in [0, 0.1) is 6.92 Å². The maximum Gasteiger partial charge on any atom is 0.234 e. The number of nitrogens with two attached hydrogens (primary N) is 1. The maximum absolute atomic E-state index is 12.6. The van der Waals surface area contributed by atoms with Crippen LogP contribution in [0.3, 0.4) is 0 Å². The van der Waals surface area contributed by atoms with Gasteiger partial charge < -0.3 is 15.8 Å². The van der Waals surface area contributed by atoms with Gasteiger partial charge in [-0.1, -0.05) is 29.8 Å². The number of carbonyl (C=O) groups is 1. The second-order valence-electron chi connectivity index (χ2n) is 6.11. The van der Waals surface area contributed by atoms with Crippen molar-refractivity contribution in [1.29, 1.82) is 0 Å². The van der Waals surface area contributed by atoms with E-state index in [1.807, 2.05) is 69.3 Å². The van der Waals surface area contributed by atoms with Crippen molar-refractivity contribution in [3.63, 3.8) is 0 Å². The van der Waals surface area contributed by atoms with E-state index in [4.69, 9.17) is 10.5 Å². The third-order valence-corrected chi connectivity index (χ3v) is 3.84. The summed E-state index contributed by atoms with van der Waals surface area (Å²) in [4.78, 5) is 12.6. The predicted octanol–water partition coefficient (Wildman–Crippen LogP) is 3.67. The molecule has 1 amide bonds. The fourth-order valence-corrected chi connectivity index (χ4v) is 2.20. The first-order chi connectivity index (χ1) is 10.9. The number of ether oxygens (including phenoxy) is 1. The number of nitrogens with one attached hydrogen (secondary N) is 1. The number of carbonyl (C=O) groups excluding carboxylic acids is 1. The van der Waals surface area contributed by atoms with E-state index in [1.165, 1.54) is 5.56 Å². The van der Waals surface area contributed by atoms with Crippen molar-refractivity contribution >= 4 is 24.0 Å². The van der Waals surface area contributed by atoms with Gasteiger partial charge in [0, 0.05) is 12.2 Å². The normalized spacial score (nSPS) is 10.7. The smallest absolute Gasteiger partial charge is 0.234 e. The number of halogens is 1. The first-order valence-corrected chi connectivity index (χ1v) is 7.75. The Morgan fingerprint density at radius 3 is 2.21 bits per heavy atom. The maximum atomic E-state index is 12.6. The minimum absolute atomic E-state index is 0. The van der Waals surface area contributed by atoms with Gasteiger partial charge >= 0.3 is 0 Å². The first kappa shape index (κ1) is 20.0. The highest BCUT2D eigenvalue weighted by Crippen LogP contribution is 2.26. The molecular weight excluding hydrogens is 324 g/mol. The molecule has 2 aromatic carbocycles. The summed E-state index contributed by atoms with van der Waals surface area (Å²) in [6, 6.07) is 15.3. The molecule has 5 heteroatoms. The molecule has 130 valence electrons. The molecule has 2 rings (SSSR count). The van der Waals surface area contributed by atoms with Crippen molar-refractivity contribution in [2.24, 2.45) is 5.73 Å². The van der Waals surface area contributed by atoms with E-state index in [9.17, 15) is 4.79 Å². The van der Waals surface area contributed by atoms with Crippen molar-refractivity contribution in [1.82, 2.24) is 0 Å². The van der Waals surface area contributed by atoms with Crippen LogP contribution in [0.25, 0.3) is 0 Å². The molecule has 2 aromatic rings. The van der Waals surface area contributed by atoms with E-state index in [-0.39, 0.29) is 18.3 Å². The van der Waals surface area contributed by atoms with Crippen LogP contribution in [0.5, 0.6) is 5.75 Å². The van der Waals surface area contributed by atoms with E-state index in [1.54, 1.807) is 0 Å². The number of anilines is 1. The van der Waals surface area contributed by atoms with Gasteiger partial charge in [-0.15, -0.1) is 12.4 Å². The van der Waals surface area contributed by atoms with E-state index in [0.29, 0.717) is 13.2 Å². The molecule has 0 aliphatic heterocycles. The van der Waals surface area contributed by atoms with Gasteiger partial charge in [0.25, 0.3) is 0 Å². The van der Waals surface area contributed by atoms with Crippen LogP contribution in [-0.4, -0.2) is 19.1 Å². The molecule has 0 bridgehead atoms. The molecule has 0 fully saturated rings. The van der Waals surface area contributed by atoms with Crippen LogP contribution >= 0.6 is 12.4 Å². The predicted molar refractivity (Wildman–Crippen MR) is 101 cm³/mol. The van der Waals surface area contributed by atoms with Crippen LogP contribution in [0.15, 0.2) is 48.5 Å². The van der Waals surface area contributed by atoms with Crippen LogP contribution in [-0.2, 0) is 10.2 Å². The summed E-state index contributed by atoms with van der Waals surface area (Å²) in [5.74, 6) is 0.697. The number of hydrogen-bond acceptors (Lipinski definition) is 3. The van der Waals surface area contributed by atoms with Crippen LogP contribution in [0.1, 0.15) is 25.0 Å². The number of aryl methyl sites for hydroxylation is 1. The number of benzene rings is 2. The van der Waals surface area contributed by atoms with E-state index in [0.717, 1.165) is 17.0 Å². The second kappa shape index (κ2) is 8.71. The van der Waals surface area contributed by atoms with Gasteiger partial charge in [0.05, 0.1) is 5.41 Å². The van der Waals surface area contributed by atoms with Crippen LogP contribution in [0.4, 0.5) is 5.69 Å². The average molecular weight is 349 g/mol. The van der Waals surface area contributed by atoms with E-state index in [2.05, 4.69) is 5.32 Å². The van der Waals surface area contributed by atoms with E-state index >= 15 is 0 Å². The Morgan fingerprint density at radius 1 is 1.08 bits per heavy atom. The molecule has 0 aliphatic carbocycles. The average Bonchev–Trinajstić information content (AvgIpc) is 2.54. The molecule has 0 spiro atoms. The zero-order valence-corrected chi connectivity index (χ0v) is 15.2. The van der Waals surface area contributed by atoms with Crippen molar-refractivity contribution in [2.45, 2.75) is 26.2 Å². The lowest BCUT2D eigenvalue weighted by Crippen LogP contribution is -2.34. The highest BCUT2D eigenvalue weighted by Gasteiger charge is 2.29. The van der Waals surface area contributed by atoms with Gasteiger partial charge in [0.1, 0.15) is 12.4 Å². The van der Waals surface area contributed by atoms with Gasteiger partial charge in [-0.05, 0) is 50.6 Å². The van der Waals surface area contributed by atoms with E-state index < -0.39 is 5.41 Å². The quantitative estimate of drug-likeness (QED) is 0.837. The van der Waals surface area contributed by atoms with Gasteiger partial charge in [-0.2, -0.15) is 0 Å². The Bertz CT molecular complexity index is 652. The summed E-state index contributed by atoms with van der Waals surface area (Å²) in [6.07, 6.45) is 0. The fraction of sp³-hybridized carbons (Fsp3) is 0.316. The Kier molecular flexibility index (Phi) is 7.26. The Hall–Kier alpha value is -2.04. The first-order valence-electron chi connectivity index (χ1n) is 7.75. The molecule has 0 heterocycles. The Morgan fingerprint density at radius 2 is 1.67 bits per heavy atom. The summed E-state index contributed by atoms with van der Waals surface area (Å²) in [5, 5.41) is 2.96. The third kappa shape index (κ3) is 4.98. The van der Waals surface area contributed by atoms with Gasteiger partial charge in [-0.3, -0.25) is 4.79 Å². The lowest BCUT2D eigenvalue weighted by molar-refractivity contribution is -0.120. The van der Waals surface area contributed by atoms with Crippen LogP contribution in [0.2, 0.25) is 0 Å². The zero-order valence-electron chi connectivity index (χ0n) is 14.3. The minimum atomic E-state index is -0.609. The molecule has 0 saturated carbocycles. The third-order valence-electron chi connectivity index (χ3n) is 3.84. The van der Waals surface area contributed by atoms with Crippen LogP contribution < -0.4 is 15.8 Å². The number of rotatable bonds is 6. The van der Waals surface area contributed by atoms with Crippen molar-refractivity contribution in [2.75, 3.05) is 18.5 Å². The molecule has 0 atom stereocenters. The molecule has 0 unspecified atom stereocenters. The highest BCUT2D eigenvalue weighted by atomic mass is 35.5. The molecule has 4 nitrogen and oxygen atoms in total. The molecule has 24 heavy (non-hydrogen) atoms. The fourth-order valence-electron chi connectivity index (χ4n) is 2.20. The minimum Gasteiger partial charge on any atom is -0.492 e. The summed E-state index contributed by atoms with van der Waals surface area (Å²) in [5.41, 5.74) is 7.71. The second-order valence-corrected chi connectivity index (χ2v) is 6.11. The summed E-state index contributed by atoms with van der Waals surface area (Å²) in [7, 11) is 0. The van der Waals surface area contributed by atoms with Gasteiger partial charge in [0.15, 0.2) is 0 Å². The Labute approximate surface area is 149 Å². The highest BCUT2D eigenvalue weighted by molar-refractivity contribution is 5.98. The summed E-state index contributed by atoms with van der Waals surface area (Å²) < 4.78 is 5.43. The topological polar surface area (TPSA) is 64.3 Å². The lowest BCUT2D eigenvalue weighted by atomic mass is 9.83. The standard InChI is InChI=1S/C19H24N2O2.ClH/c1-14-4-6-15(7-5-14)19(2,3)18(22)21-16-8-10-17(11-9-16)23-13-12-20;/h4-11H,12-13,20H2,1-3H3,(H,21,22);1H. The van der Waals surface area contributed by atoms with Crippen molar-refractivity contribution < 1.29 is 9.53 Å². The zero-order chi connectivity index (χ0) is 16.9. The molecule has 0 aromatic heterocycles. The largest absolute Gasteiger partial charge is 0.492 e. The lowest BCUT2D eigenvalue weighted by Gasteiger charge is -2.24. The summed E-state index contributed by atoms with van der Waals surface area (Å²) in [6.45, 7) is 6.83.